The molecule has 0 unspecified atom stereocenters. The molecule has 2 rings (SSSR count). The van der Waals surface area contributed by atoms with E-state index in [2.05, 4.69) is 27.2 Å². The van der Waals surface area contributed by atoms with Crippen molar-refractivity contribution in [3.8, 4) is 0 Å². The average molecular weight is 343 g/mol. The Labute approximate surface area is 143 Å². The highest BCUT2D eigenvalue weighted by molar-refractivity contribution is 5.90. The molecule has 0 saturated carbocycles. The number of nitro groups is 1. The van der Waals surface area contributed by atoms with E-state index in [9.17, 15) is 14.9 Å². The molecule has 0 amide bonds. The number of hydrogen-bond donors (Lipinski definition) is 2. The molecule has 130 valence electrons. The molecule has 0 saturated heterocycles. The van der Waals surface area contributed by atoms with Gasteiger partial charge < -0.3 is 15.4 Å². The fourth-order valence-electron chi connectivity index (χ4n) is 1.98. The summed E-state index contributed by atoms with van der Waals surface area (Å²) in [5.74, 6) is -0.307. The lowest BCUT2D eigenvalue weighted by molar-refractivity contribution is -0.383. The number of esters is 1. The quantitative estimate of drug-likeness (QED) is 0.325. The van der Waals surface area contributed by atoms with Gasteiger partial charge in [-0.1, -0.05) is 6.08 Å². The standard InChI is InChI=1S/C16H17N5O4/c1-3-9-17-14-13(21(23)24)15(19-10-18-14)20-12-7-5-11(6-8-12)16(22)25-4-2/h3,5-8,10H,1,4,9H2,2H3,(H2,17,18,19,20). The Hall–Kier alpha value is -3.49. The van der Waals surface area contributed by atoms with Crippen molar-refractivity contribution < 1.29 is 14.5 Å². The van der Waals surface area contributed by atoms with Crippen LogP contribution in [0.15, 0.2) is 43.2 Å². The van der Waals surface area contributed by atoms with Crippen molar-refractivity contribution in [1.29, 1.82) is 0 Å². The van der Waals surface area contributed by atoms with Gasteiger partial charge in [-0.2, -0.15) is 0 Å². The van der Waals surface area contributed by atoms with Crippen molar-refractivity contribution in [2.45, 2.75) is 6.92 Å². The monoisotopic (exact) mass is 343 g/mol. The molecule has 0 aliphatic rings. The first-order valence-corrected chi connectivity index (χ1v) is 7.45. The molecule has 1 heterocycles. The Morgan fingerprint density at radius 1 is 1.32 bits per heavy atom. The van der Waals surface area contributed by atoms with Crippen LogP contribution >= 0.6 is 0 Å². The Kier molecular flexibility index (Phi) is 5.99. The van der Waals surface area contributed by atoms with Crippen molar-refractivity contribution in [2.75, 3.05) is 23.8 Å². The summed E-state index contributed by atoms with van der Waals surface area (Å²) in [7, 11) is 0. The summed E-state index contributed by atoms with van der Waals surface area (Å²) in [6.45, 7) is 5.88. The van der Waals surface area contributed by atoms with Crippen LogP contribution in [0, 0.1) is 10.1 Å². The smallest absolute Gasteiger partial charge is 0.353 e. The maximum atomic E-state index is 11.6. The van der Waals surface area contributed by atoms with E-state index in [4.69, 9.17) is 4.74 Å². The predicted octanol–water partition coefficient (Wildman–Crippen LogP) is 2.90. The average Bonchev–Trinajstić information content (AvgIpc) is 2.60. The minimum Gasteiger partial charge on any atom is -0.462 e. The van der Waals surface area contributed by atoms with Crippen LogP contribution in [0.5, 0.6) is 0 Å². The summed E-state index contributed by atoms with van der Waals surface area (Å²) in [5.41, 5.74) is 0.640. The number of carbonyl (C=O) groups is 1. The van der Waals surface area contributed by atoms with Gasteiger partial charge in [0.1, 0.15) is 6.33 Å². The highest BCUT2D eigenvalue weighted by atomic mass is 16.6. The Morgan fingerprint density at radius 2 is 2.00 bits per heavy atom. The third-order valence-electron chi connectivity index (χ3n) is 3.08. The fourth-order valence-corrected chi connectivity index (χ4v) is 1.98. The zero-order valence-electron chi connectivity index (χ0n) is 13.6. The second-order valence-electron chi connectivity index (χ2n) is 4.77. The molecule has 0 bridgehead atoms. The van der Waals surface area contributed by atoms with Crippen LogP contribution in [0.2, 0.25) is 0 Å². The Bertz CT molecular complexity index is 777. The Balaban J connectivity index is 2.26. The van der Waals surface area contributed by atoms with Crippen molar-refractivity contribution in [2.24, 2.45) is 0 Å². The normalized spacial score (nSPS) is 9.96. The molecule has 0 aliphatic heterocycles. The minimum absolute atomic E-state index is 0.0375. The number of aromatic nitrogens is 2. The van der Waals surface area contributed by atoms with Gasteiger partial charge in [-0.25, -0.2) is 14.8 Å². The van der Waals surface area contributed by atoms with Gasteiger partial charge in [0.15, 0.2) is 0 Å². The van der Waals surface area contributed by atoms with Crippen molar-refractivity contribution in [3.05, 3.63) is 58.9 Å². The van der Waals surface area contributed by atoms with Crippen LogP contribution in [0.1, 0.15) is 17.3 Å². The molecule has 2 aromatic rings. The molecular formula is C16H17N5O4. The van der Waals surface area contributed by atoms with Crippen LogP contribution in [0.25, 0.3) is 0 Å². The lowest BCUT2D eigenvalue weighted by atomic mass is 10.2. The van der Waals surface area contributed by atoms with Crippen LogP contribution in [0.3, 0.4) is 0 Å². The number of nitrogens with zero attached hydrogens (tertiary/aromatic N) is 3. The number of anilines is 3. The zero-order valence-corrected chi connectivity index (χ0v) is 13.6. The molecule has 9 nitrogen and oxygen atoms in total. The molecule has 9 heteroatoms. The molecule has 1 aromatic heterocycles. The van der Waals surface area contributed by atoms with Crippen molar-refractivity contribution >= 4 is 29.0 Å². The third kappa shape index (κ3) is 4.50. The summed E-state index contributed by atoms with van der Waals surface area (Å²) in [6, 6.07) is 6.33. The fraction of sp³-hybridized carbons (Fsp3) is 0.188. The van der Waals surface area contributed by atoms with Crippen LogP contribution in [-0.2, 0) is 4.74 Å². The third-order valence-corrected chi connectivity index (χ3v) is 3.08. The maximum Gasteiger partial charge on any atom is 0.353 e. The van der Waals surface area contributed by atoms with Gasteiger partial charge in [0, 0.05) is 12.2 Å². The van der Waals surface area contributed by atoms with E-state index in [1.54, 1.807) is 37.3 Å². The molecular weight excluding hydrogens is 326 g/mol. The topological polar surface area (TPSA) is 119 Å². The molecule has 0 atom stereocenters. The van der Waals surface area contributed by atoms with E-state index in [0.29, 0.717) is 17.8 Å². The van der Waals surface area contributed by atoms with E-state index >= 15 is 0 Å². The van der Waals surface area contributed by atoms with Gasteiger partial charge in [-0.15, -0.1) is 6.58 Å². The highest BCUT2D eigenvalue weighted by Crippen LogP contribution is 2.31. The van der Waals surface area contributed by atoms with Crippen molar-refractivity contribution in [1.82, 2.24) is 9.97 Å². The number of benzene rings is 1. The summed E-state index contributed by atoms with van der Waals surface area (Å²) < 4.78 is 4.90. The molecule has 0 fully saturated rings. The van der Waals surface area contributed by atoms with E-state index in [1.165, 1.54) is 6.33 Å². The summed E-state index contributed by atoms with van der Waals surface area (Å²) in [5, 5.41) is 17.0. The van der Waals surface area contributed by atoms with E-state index in [0.717, 1.165) is 0 Å². The molecule has 25 heavy (non-hydrogen) atoms. The van der Waals surface area contributed by atoms with Gasteiger partial charge in [-0.3, -0.25) is 10.1 Å². The first kappa shape index (κ1) is 17.9. The predicted molar refractivity (Wildman–Crippen MR) is 93.1 cm³/mol. The van der Waals surface area contributed by atoms with Gasteiger partial charge in [0.25, 0.3) is 0 Å². The number of carbonyl (C=O) groups excluding carboxylic acids is 1. The second kappa shape index (κ2) is 8.39. The molecule has 0 aliphatic carbocycles. The molecule has 0 spiro atoms. The lowest BCUT2D eigenvalue weighted by Gasteiger charge is -2.09. The maximum absolute atomic E-state index is 11.6. The summed E-state index contributed by atoms with van der Waals surface area (Å²) >= 11 is 0. The number of hydrogen-bond acceptors (Lipinski definition) is 8. The molecule has 1 aromatic carbocycles. The van der Waals surface area contributed by atoms with Gasteiger partial charge in [0.2, 0.25) is 11.6 Å². The lowest BCUT2D eigenvalue weighted by Crippen LogP contribution is -2.08. The summed E-state index contributed by atoms with van der Waals surface area (Å²) in [4.78, 5) is 30.2. The number of rotatable bonds is 8. The van der Waals surface area contributed by atoms with Gasteiger partial charge >= 0.3 is 11.7 Å². The van der Waals surface area contributed by atoms with Gasteiger partial charge in [-0.05, 0) is 31.2 Å². The van der Waals surface area contributed by atoms with Crippen LogP contribution in [-0.4, -0.2) is 34.0 Å². The zero-order chi connectivity index (χ0) is 18.2. The largest absolute Gasteiger partial charge is 0.462 e. The first-order chi connectivity index (χ1) is 12.1. The van der Waals surface area contributed by atoms with Crippen LogP contribution in [0.4, 0.5) is 23.0 Å². The molecule has 2 N–H and O–H groups in total. The van der Waals surface area contributed by atoms with Crippen molar-refractivity contribution in [3.63, 3.8) is 0 Å². The van der Waals surface area contributed by atoms with Crippen LogP contribution < -0.4 is 10.6 Å². The SMILES string of the molecule is C=CCNc1ncnc(Nc2ccc(C(=O)OCC)cc2)c1[N+](=O)[O-]. The minimum atomic E-state index is -0.569. The number of ether oxygens (including phenoxy) is 1. The van der Waals surface area contributed by atoms with E-state index < -0.39 is 10.9 Å². The summed E-state index contributed by atoms with van der Waals surface area (Å²) in [6.07, 6.45) is 2.78. The highest BCUT2D eigenvalue weighted by Gasteiger charge is 2.22. The second-order valence-corrected chi connectivity index (χ2v) is 4.77. The molecule has 0 radical (unpaired) electrons. The van der Waals surface area contributed by atoms with E-state index in [-0.39, 0.29) is 23.9 Å². The Morgan fingerprint density at radius 3 is 2.60 bits per heavy atom. The van der Waals surface area contributed by atoms with Gasteiger partial charge in [0.05, 0.1) is 17.1 Å². The number of nitrogens with one attached hydrogen (secondary N) is 2. The van der Waals surface area contributed by atoms with E-state index in [1.807, 2.05) is 0 Å². The first-order valence-electron chi connectivity index (χ1n) is 7.45.